The van der Waals surface area contributed by atoms with Crippen LogP contribution >= 0.6 is 11.6 Å². The zero-order valence-corrected chi connectivity index (χ0v) is 27.6. The van der Waals surface area contributed by atoms with Crippen LogP contribution in [0.3, 0.4) is 0 Å². The Hall–Kier alpha value is -4.35. The standard InChI is InChI=1S/C36H37ClN6O4/c1-19-15-22-17-38-43(3)36(45)32(22)34(39-19)41-26-10-6-7-23(20(26)2)24-8-5-9-25(33(24)37)29-16-21-11-12-28(31(21)35(42-29)46-4)40-27-13-14-47-18-30(27)44/h5-10,15-17,27-28,30,40,44H,11-14,18H2,1-4H3,(H,39,41)/t27-,28+,30-/m1/s1. The SMILES string of the molecule is COc1nc(-c2cccc(-c3cccc(Nc4nc(C)cc5cnn(C)c(=O)c45)c3C)c2Cl)cc2c1[C@@H](N[C@@H]1CCOC[C@H]1O)CC2. The average Bonchev–Trinajstić information content (AvgIpc) is 3.47. The fraction of sp³-hybridized carbons (Fsp3) is 0.333. The van der Waals surface area contributed by atoms with Crippen molar-refractivity contribution in [2.45, 2.75) is 51.3 Å². The Morgan fingerprint density at radius 3 is 2.66 bits per heavy atom. The molecule has 1 aliphatic carbocycles. The molecule has 7 rings (SSSR count). The highest BCUT2D eigenvalue weighted by atomic mass is 35.5. The molecule has 11 heteroatoms. The number of aliphatic hydroxyl groups excluding tert-OH is 1. The first-order chi connectivity index (χ1) is 22.7. The molecule has 0 amide bonds. The summed E-state index contributed by atoms with van der Waals surface area (Å²) in [6.07, 6.45) is 3.65. The number of anilines is 2. The molecular weight excluding hydrogens is 616 g/mol. The molecule has 1 fully saturated rings. The van der Waals surface area contributed by atoms with E-state index in [-0.39, 0.29) is 17.6 Å². The minimum atomic E-state index is -0.540. The zero-order chi connectivity index (χ0) is 32.8. The van der Waals surface area contributed by atoms with Crippen LogP contribution in [0.5, 0.6) is 5.88 Å². The largest absolute Gasteiger partial charge is 0.481 e. The van der Waals surface area contributed by atoms with Gasteiger partial charge >= 0.3 is 0 Å². The number of aryl methyl sites for hydroxylation is 3. The van der Waals surface area contributed by atoms with Crippen LogP contribution in [-0.4, -0.2) is 57.3 Å². The van der Waals surface area contributed by atoms with Crippen molar-refractivity contribution >= 4 is 33.9 Å². The fourth-order valence-corrected chi connectivity index (χ4v) is 7.17. The van der Waals surface area contributed by atoms with E-state index in [4.69, 9.17) is 26.1 Å². The van der Waals surface area contributed by atoms with E-state index in [9.17, 15) is 9.90 Å². The highest BCUT2D eigenvalue weighted by Crippen LogP contribution is 2.43. The van der Waals surface area contributed by atoms with Crippen LogP contribution in [0.2, 0.25) is 5.02 Å². The Morgan fingerprint density at radius 2 is 1.85 bits per heavy atom. The van der Waals surface area contributed by atoms with Gasteiger partial charge in [0.05, 0.1) is 42.1 Å². The van der Waals surface area contributed by atoms with Gasteiger partial charge in [-0.05, 0) is 68.0 Å². The molecule has 10 nitrogen and oxygen atoms in total. The van der Waals surface area contributed by atoms with Gasteiger partial charge in [-0.2, -0.15) is 5.10 Å². The van der Waals surface area contributed by atoms with Crippen LogP contribution in [-0.2, 0) is 18.2 Å². The first-order valence-electron chi connectivity index (χ1n) is 15.8. The van der Waals surface area contributed by atoms with Crippen molar-refractivity contribution in [2.75, 3.05) is 25.6 Å². The predicted molar refractivity (Wildman–Crippen MR) is 184 cm³/mol. The molecule has 2 aliphatic rings. The number of ether oxygens (including phenoxy) is 2. The second-order valence-corrected chi connectivity index (χ2v) is 12.7. The van der Waals surface area contributed by atoms with E-state index in [0.717, 1.165) is 75.1 Å². The Labute approximate surface area is 277 Å². The maximum Gasteiger partial charge on any atom is 0.278 e. The van der Waals surface area contributed by atoms with E-state index in [1.807, 2.05) is 56.3 Å². The van der Waals surface area contributed by atoms with Crippen LogP contribution in [0.4, 0.5) is 11.5 Å². The number of halogens is 1. The van der Waals surface area contributed by atoms with Gasteiger partial charge in [-0.1, -0.05) is 41.9 Å². The average molecular weight is 653 g/mol. The van der Waals surface area contributed by atoms with E-state index < -0.39 is 6.10 Å². The lowest BCUT2D eigenvalue weighted by Gasteiger charge is -2.31. The van der Waals surface area contributed by atoms with Crippen LogP contribution < -0.4 is 20.9 Å². The van der Waals surface area contributed by atoms with Crippen LogP contribution in [0, 0.1) is 13.8 Å². The lowest BCUT2D eigenvalue weighted by Crippen LogP contribution is -2.47. The lowest BCUT2D eigenvalue weighted by molar-refractivity contribution is -0.0304. The molecule has 3 aromatic heterocycles. The molecule has 3 atom stereocenters. The summed E-state index contributed by atoms with van der Waals surface area (Å²) in [5.41, 5.74) is 7.89. The first kappa shape index (κ1) is 31.3. The number of nitrogens with one attached hydrogen (secondary N) is 2. The topological polar surface area (TPSA) is 123 Å². The molecule has 2 aromatic carbocycles. The molecule has 1 saturated heterocycles. The summed E-state index contributed by atoms with van der Waals surface area (Å²) >= 11 is 7.20. The highest BCUT2D eigenvalue weighted by molar-refractivity contribution is 6.36. The second kappa shape index (κ2) is 12.7. The minimum absolute atomic E-state index is 0.0357. The summed E-state index contributed by atoms with van der Waals surface area (Å²) < 4.78 is 12.6. The quantitative estimate of drug-likeness (QED) is 0.200. The van der Waals surface area contributed by atoms with Crippen molar-refractivity contribution in [3.8, 4) is 28.3 Å². The number of rotatable bonds is 7. The molecule has 0 radical (unpaired) electrons. The Balaban J connectivity index is 1.23. The molecule has 47 heavy (non-hydrogen) atoms. The first-order valence-corrected chi connectivity index (χ1v) is 16.2. The van der Waals surface area contributed by atoms with Gasteiger partial charge in [-0.3, -0.25) is 4.79 Å². The Kier molecular flexibility index (Phi) is 8.44. The molecule has 4 heterocycles. The smallest absolute Gasteiger partial charge is 0.278 e. The summed E-state index contributed by atoms with van der Waals surface area (Å²) in [4.78, 5) is 22.7. The zero-order valence-electron chi connectivity index (χ0n) is 26.8. The van der Waals surface area contributed by atoms with Crippen molar-refractivity contribution in [1.82, 2.24) is 25.1 Å². The van der Waals surface area contributed by atoms with E-state index in [0.29, 0.717) is 35.3 Å². The van der Waals surface area contributed by atoms with Gasteiger partial charge in [0.15, 0.2) is 0 Å². The maximum absolute atomic E-state index is 13.0. The lowest BCUT2D eigenvalue weighted by atomic mass is 9.96. The van der Waals surface area contributed by atoms with Gasteiger partial charge in [0.1, 0.15) is 5.82 Å². The van der Waals surface area contributed by atoms with Crippen LogP contribution in [0.1, 0.15) is 41.3 Å². The van der Waals surface area contributed by atoms with E-state index in [1.165, 1.54) is 4.68 Å². The van der Waals surface area contributed by atoms with Gasteiger partial charge < -0.3 is 25.2 Å². The molecule has 0 spiro atoms. The number of fused-ring (bicyclic) bond motifs is 2. The summed E-state index contributed by atoms with van der Waals surface area (Å²) in [6, 6.07) is 15.9. The maximum atomic E-state index is 13.0. The van der Waals surface area contributed by atoms with Crippen molar-refractivity contribution < 1.29 is 14.6 Å². The van der Waals surface area contributed by atoms with Gasteiger partial charge in [-0.25, -0.2) is 14.6 Å². The molecule has 0 bridgehead atoms. The van der Waals surface area contributed by atoms with Crippen molar-refractivity contribution in [2.24, 2.45) is 7.05 Å². The van der Waals surface area contributed by atoms with Gasteiger partial charge in [0.2, 0.25) is 5.88 Å². The molecule has 5 aromatic rings. The Morgan fingerprint density at radius 1 is 1.06 bits per heavy atom. The van der Waals surface area contributed by atoms with Crippen LogP contribution in [0.25, 0.3) is 33.2 Å². The van der Waals surface area contributed by atoms with Crippen molar-refractivity contribution in [1.29, 1.82) is 0 Å². The number of benzene rings is 2. The highest BCUT2D eigenvalue weighted by Gasteiger charge is 2.33. The normalized spacial score (nSPS) is 19.1. The summed E-state index contributed by atoms with van der Waals surface area (Å²) in [5.74, 6) is 1.05. The van der Waals surface area contributed by atoms with E-state index >= 15 is 0 Å². The molecule has 0 saturated carbocycles. The number of aromatic nitrogens is 4. The van der Waals surface area contributed by atoms with E-state index in [2.05, 4.69) is 26.8 Å². The molecule has 242 valence electrons. The number of hydrogen-bond acceptors (Lipinski definition) is 9. The number of pyridine rings is 2. The monoisotopic (exact) mass is 652 g/mol. The van der Waals surface area contributed by atoms with Crippen LogP contribution in [0.15, 0.2) is 59.5 Å². The summed E-state index contributed by atoms with van der Waals surface area (Å²) in [7, 11) is 3.27. The molecule has 1 aliphatic heterocycles. The molecule has 3 N–H and O–H groups in total. The van der Waals surface area contributed by atoms with Crippen molar-refractivity contribution in [3.05, 3.63) is 92.5 Å². The minimum Gasteiger partial charge on any atom is -0.481 e. The summed E-state index contributed by atoms with van der Waals surface area (Å²) in [6.45, 7) is 4.90. The summed E-state index contributed by atoms with van der Waals surface area (Å²) in [5, 5.41) is 23.5. The third-order valence-corrected chi connectivity index (χ3v) is 9.71. The number of methoxy groups -OCH3 is 1. The molecule has 0 unspecified atom stereocenters. The van der Waals surface area contributed by atoms with Gasteiger partial charge in [0.25, 0.3) is 5.56 Å². The number of aliphatic hydroxyl groups is 1. The van der Waals surface area contributed by atoms with Gasteiger partial charge in [0, 0.05) is 59.2 Å². The fourth-order valence-electron chi connectivity index (χ4n) is 6.85. The molecular formula is C36H37ClN6O4. The third-order valence-electron chi connectivity index (χ3n) is 9.30. The van der Waals surface area contributed by atoms with E-state index in [1.54, 1.807) is 20.4 Å². The number of nitrogens with zero attached hydrogens (tertiary/aromatic N) is 4. The number of hydrogen-bond donors (Lipinski definition) is 3. The van der Waals surface area contributed by atoms with Gasteiger partial charge in [-0.15, -0.1) is 0 Å². The predicted octanol–water partition coefficient (Wildman–Crippen LogP) is 5.81. The second-order valence-electron chi connectivity index (χ2n) is 12.3. The third kappa shape index (κ3) is 5.76. The van der Waals surface area contributed by atoms with Crippen molar-refractivity contribution in [3.63, 3.8) is 0 Å². The Bertz CT molecular complexity index is 2060.